The number of carbonyl (C=O) groups excluding carboxylic acids is 1. The number of allylic oxidation sites excluding steroid dienone is 1. The number of likely N-dealkylation sites (tertiary alicyclic amines) is 1. The standard InChI is InChI=1S/C51H55ClN8O6S/c1-51(2)20-16-36(45(31-51)34-8-10-37(52)11-9-34)33-58-24-26-59(27-25-58)39-12-14-43(44(29-39)42-6-4-5-7-48(42)66-40-28-35-17-21-53-49(35)54-32-40)50(61)56-67(64,65)41-13-15-46(47(30-41)60(62)63)55-38-18-22-57(3)23-19-38/h4-15,17,21,28-30,32,38,55H,16,18-20,22-27,31,33H2,1-3H3,(H,53,54)(H,56,61). The zero-order chi connectivity index (χ0) is 46.9. The number of nitro groups is 1. The lowest BCUT2D eigenvalue weighted by molar-refractivity contribution is -0.384. The van der Waals surface area contributed by atoms with Gasteiger partial charge in [-0.05, 0) is 129 Å². The van der Waals surface area contributed by atoms with Crippen molar-refractivity contribution < 1.29 is 22.9 Å². The first-order valence-corrected chi connectivity index (χ1v) is 24.6. The van der Waals surface area contributed by atoms with Crippen molar-refractivity contribution in [3.05, 3.63) is 141 Å². The maximum atomic E-state index is 14.4. The Bertz CT molecular complexity index is 2960. The van der Waals surface area contributed by atoms with Gasteiger partial charge in [0.25, 0.3) is 21.6 Å². The number of halogens is 1. The number of sulfonamides is 1. The summed E-state index contributed by atoms with van der Waals surface area (Å²) in [6, 6.07) is 28.3. The Morgan fingerprint density at radius 1 is 0.940 bits per heavy atom. The van der Waals surface area contributed by atoms with Crippen molar-refractivity contribution in [2.24, 2.45) is 5.41 Å². The fourth-order valence-electron chi connectivity index (χ4n) is 9.49. The van der Waals surface area contributed by atoms with E-state index >= 15 is 0 Å². The molecule has 348 valence electrons. The third-order valence-corrected chi connectivity index (χ3v) is 14.9. The van der Waals surface area contributed by atoms with E-state index in [0.717, 1.165) is 100 Å². The van der Waals surface area contributed by atoms with E-state index in [-0.39, 0.29) is 28.4 Å². The molecule has 4 aromatic carbocycles. The molecule has 2 aromatic heterocycles. The summed E-state index contributed by atoms with van der Waals surface area (Å²) in [4.78, 5) is 40.2. The van der Waals surface area contributed by atoms with Crippen molar-refractivity contribution in [2.45, 2.75) is 56.9 Å². The van der Waals surface area contributed by atoms with E-state index in [1.54, 1.807) is 24.5 Å². The maximum absolute atomic E-state index is 14.4. The summed E-state index contributed by atoms with van der Waals surface area (Å²) >= 11 is 6.27. The maximum Gasteiger partial charge on any atom is 0.293 e. The number of aromatic nitrogens is 2. The van der Waals surface area contributed by atoms with E-state index in [4.69, 9.17) is 16.3 Å². The molecule has 1 amide bonds. The number of ether oxygens (including phenoxy) is 1. The molecule has 0 atom stereocenters. The Labute approximate surface area is 396 Å². The number of nitro benzene ring substituents is 1. The van der Waals surface area contributed by atoms with Crippen LogP contribution in [-0.2, 0) is 10.0 Å². The van der Waals surface area contributed by atoms with Gasteiger partial charge in [0.2, 0.25) is 0 Å². The summed E-state index contributed by atoms with van der Waals surface area (Å²) in [5.74, 6) is 0.0154. The summed E-state index contributed by atoms with van der Waals surface area (Å²) in [5.41, 5.74) is 6.83. The van der Waals surface area contributed by atoms with Crippen LogP contribution in [0.25, 0.3) is 27.7 Å². The highest BCUT2D eigenvalue weighted by molar-refractivity contribution is 7.90. The minimum atomic E-state index is -4.58. The lowest BCUT2D eigenvalue weighted by Crippen LogP contribution is -2.47. The number of nitrogens with zero attached hydrogens (tertiary/aromatic N) is 5. The summed E-state index contributed by atoms with van der Waals surface area (Å²) in [7, 11) is -2.55. The molecule has 2 aliphatic heterocycles. The Hall–Kier alpha value is -6.26. The molecule has 1 aliphatic carbocycles. The number of anilines is 2. The quantitative estimate of drug-likeness (QED) is 0.0745. The van der Waals surface area contributed by atoms with Gasteiger partial charge in [0, 0.05) is 83.8 Å². The number of piperidine rings is 1. The molecule has 0 spiro atoms. The van der Waals surface area contributed by atoms with E-state index < -0.39 is 25.7 Å². The fraction of sp³-hybridized carbons (Fsp3) is 0.333. The molecule has 2 fully saturated rings. The summed E-state index contributed by atoms with van der Waals surface area (Å²) in [6.07, 6.45) is 8.18. The van der Waals surface area contributed by atoms with Crippen LogP contribution in [0, 0.1) is 15.5 Å². The zero-order valence-corrected chi connectivity index (χ0v) is 39.5. The van der Waals surface area contributed by atoms with Gasteiger partial charge in [-0.15, -0.1) is 0 Å². The molecule has 0 bridgehead atoms. The molecule has 0 radical (unpaired) electrons. The number of hydrogen-bond acceptors (Lipinski definition) is 11. The number of nitrogens with one attached hydrogen (secondary N) is 3. The second kappa shape index (κ2) is 19.2. The van der Waals surface area contributed by atoms with Gasteiger partial charge in [-0.25, -0.2) is 18.1 Å². The summed E-state index contributed by atoms with van der Waals surface area (Å²) < 4.78 is 36.6. The number of amides is 1. The molecule has 14 nitrogen and oxygen atoms in total. The average Bonchev–Trinajstić information content (AvgIpc) is 3.79. The third-order valence-electron chi connectivity index (χ3n) is 13.3. The molecule has 16 heteroatoms. The van der Waals surface area contributed by atoms with E-state index in [0.29, 0.717) is 28.3 Å². The predicted molar refractivity (Wildman–Crippen MR) is 265 cm³/mol. The van der Waals surface area contributed by atoms with Crippen LogP contribution in [0.3, 0.4) is 0 Å². The molecule has 2 saturated heterocycles. The van der Waals surface area contributed by atoms with Crippen molar-refractivity contribution in [1.82, 2.24) is 24.5 Å². The zero-order valence-electron chi connectivity index (χ0n) is 37.9. The SMILES string of the molecule is CN1CCC(Nc2ccc(S(=O)(=O)NC(=O)c3ccc(N4CCN(CC5=C(c6ccc(Cl)cc6)CC(C)(C)CC5)CC4)cc3-c3ccccc3Oc3cnc4[nH]ccc4c3)cc2[N+](=O)[O-])CC1. The summed E-state index contributed by atoms with van der Waals surface area (Å²) in [6.45, 7) is 10.4. The number of aromatic amines is 1. The van der Waals surface area contributed by atoms with E-state index in [1.165, 1.54) is 28.8 Å². The van der Waals surface area contributed by atoms with Crippen LogP contribution in [0.2, 0.25) is 5.02 Å². The van der Waals surface area contributed by atoms with Crippen LogP contribution >= 0.6 is 11.6 Å². The van der Waals surface area contributed by atoms with Crippen molar-refractivity contribution in [3.63, 3.8) is 0 Å². The van der Waals surface area contributed by atoms with Crippen molar-refractivity contribution >= 4 is 61.2 Å². The average molecular weight is 944 g/mol. The van der Waals surface area contributed by atoms with Crippen molar-refractivity contribution in [2.75, 3.05) is 63.1 Å². The topological polar surface area (TPSA) is 166 Å². The highest BCUT2D eigenvalue weighted by Crippen LogP contribution is 2.44. The smallest absolute Gasteiger partial charge is 0.293 e. The largest absolute Gasteiger partial charge is 0.455 e. The molecule has 4 heterocycles. The van der Waals surface area contributed by atoms with Crippen molar-refractivity contribution in [1.29, 1.82) is 0 Å². The first-order valence-electron chi connectivity index (χ1n) is 22.8. The van der Waals surface area contributed by atoms with Gasteiger partial charge in [-0.2, -0.15) is 0 Å². The lowest BCUT2D eigenvalue weighted by Gasteiger charge is -2.39. The van der Waals surface area contributed by atoms with E-state index in [9.17, 15) is 23.3 Å². The number of pyridine rings is 1. The Balaban J connectivity index is 0.993. The monoisotopic (exact) mass is 942 g/mol. The van der Waals surface area contributed by atoms with Crippen LogP contribution in [0.15, 0.2) is 120 Å². The third kappa shape index (κ3) is 10.5. The Morgan fingerprint density at radius 3 is 2.46 bits per heavy atom. The van der Waals surface area contributed by atoms with Gasteiger partial charge in [-0.3, -0.25) is 19.8 Å². The molecule has 67 heavy (non-hydrogen) atoms. The Morgan fingerprint density at radius 2 is 1.70 bits per heavy atom. The van der Waals surface area contributed by atoms with Crippen LogP contribution < -0.4 is 19.7 Å². The van der Waals surface area contributed by atoms with E-state index in [2.05, 4.69) is 60.7 Å². The number of rotatable bonds is 13. The van der Waals surface area contributed by atoms with Crippen LogP contribution in [0.5, 0.6) is 11.5 Å². The number of carbonyl (C=O) groups is 1. The molecule has 0 unspecified atom stereocenters. The summed E-state index contributed by atoms with van der Waals surface area (Å²) in [5, 5.41) is 17.1. The minimum absolute atomic E-state index is 0.00277. The van der Waals surface area contributed by atoms with Gasteiger partial charge in [-0.1, -0.05) is 61.4 Å². The number of para-hydroxylation sites is 1. The highest BCUT2D eigenvalue weighted by atomic mass is 35.5. The molecule has 3 aliphatic rings. The second-order valence-corrected chi connectivity index (χ2v) is 20.8. The highest BCUT2D eigenvalue weighted by Gasteiger charge is 2.31. The molecule has 6 aromatic rings. The molecular formula is C51H55ClN8O6S. The number of piperazine rings is 1. The first-order chi connectivity index (χ1) is 32.2. The number of hydrogen-bond donors (Lipinski definition) is 3. The van der Waals surface area contributed by atoms with Gasteiger partial charge in [0.05, 0.1) is 16.0 Å². The molecule has 9 rings (SSSR count). The number of fused-ring (bicyclic) bond motifs is 1. The number of benzene rings is 4. The number of H-pyrrole nitrogens is 1. The normalized spacial score (nSPS) is 17.4. The Kier molecular flexibility index (Phi) is 13.1. The molecular weight excluding hydrogens is 888 g/mol. The van der Waals surface area contributed by atoms with E-state index in [1.807, 2.05) is 61.6 Å². The first kappa shape index (κ1) is 45.9. The predicted octanol–water partition coefficient (Wildman–Crippen LogP) is 9.99. The van der Waals surface area contributed by atoms with Gasteiger partial charge >= 0.3 is 0 Å². The fourth-order valence-corrected chi connectivity index (χ4v) is 10.6. The minimum Gasteiger partial charge on any atom is -0.455 e. The van der Waals surface area contributed by atoms with Gasteiger partial charge in [0.15, 0.2) is 0 Å². The van der Waals surface area contributed by atoms with Gasteiger partial charge in [0.1, 0.15) is 22.8 Å². The van der Waals surface area contributed by atoms with Crippen LogP contribution in [-0.4, -0.2) is 97.9 Å². The molecule has 0 saturated carbocycles. The van der Waals surface area contributed by atoms with Crippen LogP contribution in [0.1, 0.15) is 61.9 Å². The lowest BCUT2D eigenvalue weighted by atomic mass is 9.72. The van der Waals surface area contributed by atoms with Crippen molar-refractivity contribution in [3.8, 4) is 22.6 Å². The molecule has 3 N–H and O–H groups in total. The van der Waals surface area contributed by atoms with Crippen LogP contribution in [0.4, 0.5) is 17.1 Å². The second-order valence-electron chi connectivity index (χ2n) is 18.7. The van der Waals surface area contributed by atoms with Gasteiger partial charge < -0.3 is 24.8 Å².